The molecule has 20 heavy (non-hydrogen) atoms. The molecule has 1 atom stereocenters. The summed E-state index contributed by atoms with van der Waals surface area (Å²) in [5.41, 5.74) is 0.605. The molecule has 0 aliphatic rings. The molecule has 0 bridgehead atoms. The van der Waals surface area contributed by atoms with Gasteiger partial charge in [0, 0.05) is 13.0 Å². The lowest BCUT2D eigenvalue weighted by atomic mass is 10.2. The van der Waals surface area contributed by atoms with Gasteiger partial charge in [0.15, 0.2) is 6.10 Å². The van der Waals surface area contributed by atoms with Crippen molar-refractivity contribution in [3.63, 3.8) is 0 Å². The summed E-state index contributed by atoms with van der Waals surface area (Å²) in [5, 5.41) is 31.3. The number of aliphatic carboxylic acids is 1. The number of aliphatic hydroxyl groups excluding tert-OH is 1. The van der Waals surface area contributed by atoms with E-state index in [-0.39, 0.29) is 23.7 Å². The van der Waals surface area contributed by atoms with Crippen LogP contribution in [0.15, 0.2) is 18.2 Å². The third kappa shape index (κ3) is 4.76. The van der Waals surface area contributed by atoms with E-state index in [1.165, 1.54) is 18.2 Å². The van der Waals surface area contributed by atoms with Crippen LogP contribution in [0.5, 0.6) is 0 Å². The fourth-order valence-electron chi connectivity index (χ4n) is 1.30. The number of nitrogens with zero attached hydrogens (tertiary/aromatic N) is 1. The highest BCUT2D eigenvalue weighted by molar-refractivity contribution is 6.33. The standard InChI is InChI=1S/C12H12ClN3O4/c13-8-2-1-7(6-14)5-9(8)16-12(20)15-4-3-10(17)11(18)19/h1-2,5,10,17H,3-4H2,(H,18,19)(H2,15,16,20). The first-order chi connectivity index (χ1) is 9.43. The quantitative estimate of drug-likeness (QED) is 0.649. The zero-order valence-corrected chi connectivity index (χ0v) is 11.0. The Balaban J connectivity index is 2.51. The van der Waals surface area contributed by atoms with Gasteiger partial charge >= 0.3 is 12.0 Å². The largest absolute Gasteiger partial charge is 0.479 e. The number of aliphatic hydroxyl groups is 1. The summed E-state index contributed by atoms with van der Waals surface area (Å²) >= 11 is 5.85. The maximum absolute atomic E-state index is 11.5. The van der Waals surface area contributed by atoms with Crippen molar-refractivity contribution in [2.75, 3.05) is 11.9 Å². The van der Waals surface area contributed by atoms with Gasteiger partial charge in [-0.1, -0.05) is 11.6 Å². The van der Waals surface area contributed by atoms with Crippen molar-refractivity contribution in [3.05, 3.63) is 28.8 Å². The Morgan fingerprint density at radius 3 is 2.75 bits per heavy atom. The Morgan fingerprint density at radius 1 is 1.45 bits per heavy atom. The number of hydrogen-bond donors (Lipinski definition) is 4. The predicted molar refractivity (Wildman–Crippen MR) is 71.4 cm³/mol. The molecule has 0 saturated carbocycles. The predicted octanol–water partition coefficient (Wildman–Crippen LogP) is 1.17. The lowest BCUT2D eigenvalue weighted by molar-refractivity contribution is -0.146. The molecule has 8 heteroatoms. The fraction of sp³-hybridized carbons (Fsp3) is 0.250. The Hall–Kier alpha value is -2.30. The van der Waals surface area contributed by atoms with E-state index in [9.17, 15) is 9.59 Å². The van der Waals surface area contributed by atoms with Crippen molar-refractivity contribution in [1.82, 2.24) is 5.32 Å². The van der Waals surface area contributed by atoms with E-state index in [2.05, 4.69) is 10.6 Å². The number of nitriles is 1. The Kier molecular flexibility index (Phi) is 5.77. The molecule has 0 aliphatic carbocycles. The van der Waals surface area contributed by atoms with Crippen molar-refractivity contribution in [2.24, 2.45) is 0 Å². The molecule has 4 N–H and O–H groups in total. The monoisotopic (exact) mass is 297 g/mol. The third-order valence-electron chi connectivity index (χ3n) is 2.33. The molecule has 0 radical (unpaired) electrons. The van der Waals surface area contributed by atoms with E-state index in [0.29, 0.717) is 5.56 Å². The van der Waals surface area contributed by atoms with Gasteiger partial charge in [-0.2, -0.15) is 5.26 Å². The maximum atomic E-state index is 11.5. The number of amides is 2. The topological polar surface area (TPSA) is 122 Å². The SMILES string of the molecule is N#Cc1ccc(Cl)c(NC(=O)NCCC(O)C(=O)O)c1. The van der Waals surface area contributed by atoms with E-state index in [1.54, 1.807) is 0 Å². The van der Waals surface area contributed by atoms with Crippen LogP contribution in [-0.4, -0.2) is 34.9 Å². The first-order valence-corrected chi connectivity index (χ1v) is 5.97. The van der Waals surface area contributed by atoms with Gasteiger partial charge < -0.3 is 20.8 Å². The van der Waals surface area contributed by atoms with E-state index in [0.717, 1.165) is 0 Å². The van der Waals surface area contributed by atoms with E-state index in [4.69, 9.17) is 27.1 Å². The van der Waals surface area contributed by atoms with Crippen LogP contribution in [-0.2, 0) is 4.79 Å². The molecule has 0 aromatic heterocycles. The van der Waals surface area contributed by atoms with Crippen LogP contribution in [0.4, 0.5) is 10.5 Å². The van der Waals surface area contributed by atoms with Crippen molar-refractivity contribution in [3.8, 4) is 6.07 Å². The van der Waals surface area contributed by atoms with Crippen molar-refractivity contribution >= 4 is 29.3 Å². The molecule has 7 nitrogen and oxygen atoms in total. The molecule has 2 amide bonds. The lowest BCUT2D eigenvalue weighted by Crippen LogP contribution is -2.33. The second-order valence-electron chi connectivity index (χ2n) is 3.83. The summed E-state index contributed by atoms with van der Waals surface area (Å²) in [4.78, 5) is 21.9. The molecule has 0 heterocycles. The van der Waals surface area contributed by atoms with Crippen LogP contribution >= 0.6 is 11.6 Å². The number of halogens is 1. The van der Waals surface area contributed by atoms with Crippen molar-refractivity contribution < 1.29 is 19.8 Å². The van der Waals surface area contributed by atoms with E-state index in [1.807, 2.05) is 6.07 Å². The van der Waals surface area contributed by atoms with Crippen LogP contribution in [0.1, 0.15) is 12.0 Å². The molecule has 106 valence electrons. The summed E-state index contributed by atoms with van der Waals surface area (Å²) < 4.78 is 0. The Bertz CT molecular complexity index is 556. The number of hydrogen-bond acceptors (Lipinski definition) is 4. The molecule has 1 unspecified atom stereocenters. The fourth-order valence-corrected chi connectivity index (χ4v) is 1.47. The number of benzene rings is 1. The molecule has 0 aliphatic heterocycles. The summed E-state index contributed by atoms with van der Waals surface area (Å²) in [5.74, 6) is -1.35. The van der Waals surface area contributed by atoms with Crippen LogP contribution in [0.25, 0.3) is 0 Å². The number of rotatable bonds is 5. The summed E-state index contributed by atoms with van der Waals surface area (Å²) in [6, 6.07) is 5.69. The van der Waals surface area contributed by atoms with Crippen molar-refractivity contribution in [1.29, 1.82) is 5.26 Å². The average molecular weight is 298 g/mol. The minimum Gasteiger partial charge on any atom is -0.479 e. The van der Waals surface area contributed by atoms with Gasteiger partial charge in [0.2, 0.25) is 0 Å². The van der Waals surface area contributed by atoms with Gasteiger partial charge in [0.25, 0.3) is 0 Å². The zero-order chi connectivity index (χ0) is 15.1. The van der Waals surface area contributed by atoms with E-state index < -0.39 is 18.1 Å². The number of urea groups is 1. The van der Waals surface area contributed by atoms with Gasteiger partial charge in [-0.05, 0) is 18.2 Å². The van der Waals surface area contributed by atoms with Crippen LogP contribution in [0.3, 0.4) is 0 Å². The number of carbonyl (C=O) groups excluding carboxylic acids is 1. The van der Waals surface area contributed by atoms with Gasteiger partial charge in [-0.15, -0.1) is 0 Å². The second-order valence-corrected chi connectivity index (χ2v) is 4.24. The molecule has 1 rings (SSSR count). The van der Waals surface area contributed by atoms with E-state index >= 15 is 0 Å². The highest BCUT2D eigenvalue weighted by Gasteiger charge is 2.13. The molecule has 0 saturated heterocycles. The number of carbonyl (C=O) groups is 2. The number of anilines is 1. The molecule has 1 aromatic carbocycles. The van der Waals surface area contributed by atoms with Gasteiger partial charge in [0.1, 0.15) is 0 Å². The minimum atomic E-state index is -1.53. The van der Waals surface area contributed by atoms with Gasteiger partial charge in [0.05, 0.1) is 22.3 Å². The molecule has 1 aromatic rings. The second kappa shape index (κ2) is 7.33. The summed E-state index contributed by atoms with van der Waals surface area (Å²) in [7, 11) is 0. The van der Waals surface area contributed by atoms with Crippen LogP contribution < -0.4 is 10.6 Å². The summed E-state index contributed by atoms with van der Waals surface area (Å²) in [6.45, 7) is -0.0190. The maximum Gasteiger partial charge on any atom is 0.332 e. The smallest absolute Gasteiger partial charge is 0.332 e. The number of carboxylic acids is 1. The first kappa shape index (κ1) is 15.8. The van der Waals surface area contributed by atoms with Crippen molar-refractivity contribution in [2.45, 2.75) is 12.5 Å². The van der Waals surface area contributed by atoms with Gasteiger partial charge in [-0.3, -0.25) is 0 Å². The zero-order valence-electron chi connectivity index (χ0n) is 10.3. The number of carboxylic acid groups (broad SMARTS) is 1. The summed E-state index contributed by atoms with van der Waals surface area (Å²) in [6.07, 6.45) is -1.64. The normalized spacial score (nSPS) is 11.2. The van der Waals surface area contributed by atoms with Crippen LogP contribution in [0.2, 0.25) is 5.02 Å². The molecule has 0 fully saturated rings. The Labute approximate surface area is 119 Å². The minimum absolute atomic E-state index is 0.0190. The highest BCUT2D eigenvalue weighted by Crippen LogP contribution is 2.22. The van der Waals surface area contributed by atoms with Crippen LogP contribution in [0, 0.1) is 11.3 Å². The average Bonchev–Trinajstić information content (AvgIpc) is 2.41. The molecular weight excluding hydrogens is 286 g/mol. The first-order valence-electron chi connectivity index (χ1n) is 5.59. The third-order valence-corrected chi connectivity index (χ3v) is 2.66. The molecule has 0 spiro atoms. The number of nitrogens with one attached hydrogen (secondary N) is 2. The van der Waals surface area contributed by atoms with Gasteiger partial charge in [-0.25, -0.2) is 9.59 Å². The lowest BCUT2D eigenvalue weighted by Gasteiger charge is -2.10. The molecular formula is C12H12ClN3O4. The highest BCUT2D eigenvalue weighted by atomic mass is 35.5. The Morgan fingerprint density at radius 2 is 2.15 bits per heavy atom.